The van der Waals surface area contributed by atoms with Gasteiger partial charge in [0.05, 0.1) is 5.69 Å². The second-order valence-corrected chi connectivity index (χ2v) is 8.43. The molecule has 0 aliphatic rings. The molecular weight excluding hydrogens is 527 g/mol. The van der Waals surface area contributed by atoms with E-state index in [1.54, 1.807) is 12.1 Å². The van der Waals surface area contributed by atoms with Crippen LogP contribution in [0.25, 0.3) is 0 Å². The zero-order valence-electron chi connectivity index (χ0n) is 19.4. The SMILES string of the molecule is CC[C@H](C)Cc1ccc(N=Cc2ccc(OCC(F)(F)C(F)(F)C(F)(F)C(F)(F)C(F)(F)F)cc2)cc1. The van der Waals surface area contributed by atoms with Crippen LogP contribution in [0.3, 0.4) is 0 Å². The van der Waals surface area contributed by atoms with Crippen LogP contribution in [-0.4, -0.2) is 42.7 Å². The van der Waals surface area contributed by atoms with Gasteiger partial charge < -0.3 is 4.74 Å². The molecule has 0 saturated heterocycles. The van der Waals surface area contributed by atoms with E-state index in [4.69, 9.17) is 0 Å². The van der Waals surface area contributed by atoms with Gasteiger partial charge in [-0.3, -0.25) is 4.99 Å². The maximum absolute atomic E-state index is 13.7. The van der Waals surface area contributed by atoms with E-state index in [2.05, 4.69) is 23.6 Å². The van der Waals surface area contributed by atoms with Gasteiger partial charge in [-0.05, 0) is 59.9 Å². The minimum absolute atomic E-state index is 0.393. The molecule has 0 amide bonds. The smallest absolute Gasteiger partial charge is 0.460 e. The van der Waals surface area contributed by atoms with Crippen LogP contribution in [0, 0.1) is 5.92 Å². The van der Waals surface area contributed by atoms with Crippen LogP contribution in [0.2, 0.25) is 0 Å². The van der Waals surface area contributed by atoms with Crippen LogP contribution in [0.15, 0.2) is 53.5 Å². The summed E-state index contributed by atoms with van der Waals surface area (Å²) in [4.78, 5) is 4.20. The Morgan fingerprint density at radius 2 is 1.30 bits per heavy atom. The van der Waals surface area contributed by atoms with Gasteiger partial charge in [-0.2, -0.15) is 48.3 Å². The van der Waals surface area contributed by atoms with Gasteiger partial charge in [-0.25, -0.2) is 0 Å². The van der Waals surface area contributed by atoms with Gasteiger partial charge in [0, 0.05) is 6.21 Å². The van der Waals surface area contributed by atoms with Crippen LogP contribution in [-0.2, 0) is 6.42 Å². The second kappa shape index (κ2) is 10.9. The van der Waals surface area contributed by atoms with Gasteiger partial charge >= 0.3 is 29.9 Å². The molecule has 0 bridgehead atoms. The van der Waals surface area contributed by atoms with Crippen molar-refractivity contribution in [2.75, 3.05) is 6.61 Å². The quantitative estimate of drug-likeness (QED) is 0.203. The van der Waals surface area contributed by atoms with Crippen molar-refractivity contribution in [1.29, 1.82) is 0 Å². The highest BCUT2D eigenvalue weighted by atomic mass is 19.4. The first-order chi connectivity index (χ1) is 16.9. The van der Waals surface area contributed by atoms with Gasteiger partial charge in [-0.15, -0.1) is 0 Å². The lowest BCUT2D eigenvalue weighted by atomic mass is 9.98. The number of halogens is 11. The Kier molecular flexibility index (Phi) is 8.91. The zero-order valence-corrected chi connectivity index (χ0v) is 19.4. The van der Waals surface area contributed by atoms with E-state index < -0.39 is 42.2 Å². The molecule has 0 aliphatic carbocycles. The summed E-state index contributed by atoms with van der Waals surface area (Å²) in [6, 6.07) is 11.7. The second-order valence-electron chi connectivity index (χ2n) is 8.43. The Labute approximate surface area is 205 Å². The predicted molar refractivity (Wildman–Crippen MR) is 115 cm³/mol. The standard InChI is InChI=1S/C24H22F11NO/c1-3-15(2)12-16-4-8-18(9-5-16)36-13-17-6-10-19(11-7-17)37-14-20(25,26)21(27,28)22(29,30)23(31,32)24(33,34)35/h4-11,13,15H,3,12,14H2,1-2H3/t15-/m0/s1. The number of nitrogens with zero attached hydrogens (tertiary/aromatic N) is 1. The van der Waals surface area contributed by atoms with Gasteiger partial charge in [0.25, 0.3) is 0 Å². The lowest BCUT2D eigenvalue weighted by Crippen LogP contribution is -2.67. The lowest BCUT2D eigenvalue weighted by Gasteiger charge is -2.37. The van der Waals surface area contributed by atoms with Crippen LogP contribution in [0.5, 0.6) is 5.75 Å². The van der Waals surface area contributed by atoms with Crippen molar-refractivity contribution in [2.45, 2.75) is 56.6 Å². The number of alkyl halides is 11. The average molecular weight is 549 g/mol. The maximum Gasteiger partial charge on any atom is 0.460 e. The first-order valence-electron chi connectivity index (χ1n) is 10.8. The third-order valence-electron chi connectivity index (χ3n) is 5.48. The van der Waals surface area contributed by atoms with Crippen LogP contribution in [0.4, 0.5) is 54.0 Å². The van der Waals surface area contributed by atoms with Crippen molar-refractivity contribution < 1.29 is 53.0 Å². The third kappa shape index (κ3) is 6.53. The molecule has 0 fully saturated rings. The van der Waals surface area contributed by atoms with E-state index in [0.29, 0.717) is 17.2 Å². The van der Waals surface area contributed by atoms with E-state index >= 15 is 0 Å². The molecule has 1 atom stereocenters. The molecule has 2 nitrogen and oxygen atoms in total. The van der Waals surface area contributed by atoms with Crippen molar-refractivity contribution in [3.05, 3.63) is 59.7 Å². The van der Waals surface area contributed by atoms with Crippen LogP contribution < -0.4 is 4.74 Å². The molecule has 0 aliphatic heterocycles. The number of benzene rings is 2. The molecule has 0 saturated carbocycles. The van der Waals surface area contributed by atoms with Crippen molar-refractivity contribution in [1.82, 2.24) is 0 Å². The number of hydrogen-bond donors (Lipinski definition) is 0. The van der Waals surface area contributed by atoms with Crippen LogP contribution in [0.1, 0.15) is 31.4 Å². The predicted octanol–water partition coefficient (Wildman–Crippen LogP) is 8.51. The molecule has 13 heteroatoms. The summed E-state index contributed by atoms with van der Waals surface area (Å²) in [6.45, 7) is 1.60. The average Bonchev–Trinajstić information content (AvgIpc) is 2.81. The zero-order chi connectivity index (χ0) is 28.3. The number of rotatable bonds is 11. The highest BCUT2D eigenvalue weighted by Gasteiger charge is 2.87. The van der Waals surface area contributed by atoms with E-state index in [9.17, 15) is 48.3 Å². The first kappa shape index (κ1) is 30.4. The summed E-state index contributed by atoms with van der Waals surface area (Å²) in [5, 5.41) is 0. The van der Waals surface area contributed by atoms with Gasteiger partial charge in [0.2, 0.25) is 0 Å². The summed E-state index contributed by atoms with van der Waals surface area (Å²) in [5.74, 6) is -28.1. The van der Waals surface area contributed by atoms with E-state index in [0.717, 1.165) is 30.5 Å². The number of hydrogen-bond acceptors (Lipinski definition) is 2. The summed E-state index contributed by atoms with van der Waals surface area (Å²) in [6.07, 6.45) is -3.91. The van der Waals surface area contributed by atoms with Gasteiger partial charge in [-0.1, -0.05) is 32.4 Å². The Morgan fingerprint density at radius 1 is 0.757 bits per heavy atom. The highest BCUT2D eigenvalue weighted by molar-refractivity contribution is 5.82. The molecule has 0 heterocycles. The van der Waals surface area contributed by atoms with Crippen molar-refractivity contribution >= 4 is 11.9 Å². The summed E-state index contributed by atoms with van der Waals surface area (Å²) in [7, 11) is 0. The minimum Gasteiger partial charge on any atom is -0.487 e. The Bertz CT molecular complexity index is 1050. The summed E-state index contributed by atoms with van der Waals surface area (Å²) >= 11 is 0. The lowest BCUT2D eigenvalue weighted by molar-refractivity contribution is -0.423. The molecule has 0 aromatic heterocycles. The fraction of sp³-hybridized carbons (Fsp3) is 0.458. The van der Waals surface area contributed by atoms with Crippen molar-refractivity contribution in [2.24, 2.45) is 10.9 Å². The fourth-order valence-electron chi connectivity index (χ4n) is 2.93. The molecule has 0 radical (unpaired) electrons. The molecule has 0 spiro atoms. The molecule has 0 unspecified atom stereocenters. The molecule has 0 N–H and O–H groups in total. The molecular formula is C24H22F11NO. The number of aliphatic imine (C=N–C) groups is 1. The van der Waals surface area contributed by atoms with Crippen molar-refractivity contribution in [3.63, 3.8) is 0 Å². The van der Waals surface area contributed by atoms with E-state index in [-0.39, 0.29) is 0 Å². The van der Waals surface area contributed by atoms with Gasteiger partial charge in [0.1, 0.15) is 5.75 Å². The summed E-state index contributed by atoms with van der Waals surface area (Å²) in [5.41, 5.74) is 2.10. The highest BCUT2D eigenvalue weighted by Crippen LogP contribution is 2.57. The Balaban J connectivity index is 2.06. The Hall–Kier alpha value is -2.86. The van der Waals surface area contributed by atoms with Crippen molar-refractivity contribution in [3.8, 4) is 5.75 Å². The fourth-order valence-corrected chi connectivity index (χ4v) is 2.93. The first-order valence-corrected chi connectivity index (χ1v) is 10.8. The molecule has 2 aromatic carbocycles. The molecule has 2 aromatic rings. The van der Waals surface area contributed by atoms with Gasteiger partial charge in [0.15, 0.2) is 6.61 Å². The molecule has 37 heavy (non-hydrogen) atoms. The molecule has 206 valence electrons. The normalized spacial score (nSPS) is 14.7. The largest absolute Gasteiger partial charge is 0.487 e. The third-order valence-corrected chi connectivity index (χ3v) is 5.48. The van der Waals surface area contributed by atoms with E-state index in [1.165, 1.54) is 18.3 Å². The Morgan fingerprint density at radius 3 is 1.78 bits per heavy atom. The topological polar surface area (TPSA) is 21.6 Å². The van der Waals surface area contributed by atoms with E-state index in [1.807, 2.05) is 12.1 Å². The number of ether oxygens (including phenoxy) is 1. The maximum atomic E-state index is 13.7. The minimum atomic E-state index is -7.46. The molecule has 2 rings (SSSR count). The monoisotopic (exact) mass is 549 g/mol. The van der Waals surface area contributed by atoms with Crippen LogP contribution >= 0.6 is 0 Å². The summed E-state index contributed by atoms with van der Waals surface area (Å²) < 4.78 is 148.